The van der Waals surface area contributed by atoms with Crippen molar-refractivity contribution in [3.8, 4) is 0 Å². The number of aromatic nitrogens is 3. The van der Waals surface area contributed by atoms with Gasteiger partial charge in [-0.3, -0.25) is 4.79 Å². The second kappa shape index (κ2) is 5.90. The average Bonchev–Trinajstić information content (AvgIpc) is 3.25. The van der Waals surface area contributed by atoms with Crippen molar-refractivity contribution in [1.29, 1.82) is 0 Å². The number of halogens is 1. The number of nitrogens with one attached hydrogen (secondary N) is 2. The molecule has 1 fully saturated rings. The van der Waals surface area contributed by atoms with Gasteiger partial charge in [0, 0.05) is 23.5 Å². The highest BCUT2D eigenvalue weighted by Crippen LogP contribution is 2.23. The van der Waals surface area contributed by atoms with Crippen molar-refractivity contribution >= 4 is 39.1 Å². The lowest BCUT2D eigenvalue weighted by Gasteiger charge is -2.09. The first-order chi connectivity index (χ1) is 11.6. The molecule has 4 rings (SSSR count). The van der Waals surface area contributed by atoms with E-state index in [9.17, 15) is 4.79 Å². The molecule has 3 aromatic rings. The fourth-order valence-corrected chi connectivity index (χ4v) is 2.97. The van der Waals surface area contributed by atoms with Gasteiger partial charge in [-0.1, -0.05) is 0 Å². The van der Waals surface area contributed by atoms with Gasteiger partial charge >= 0.3 is 0 Å². The lowest BCUT2D eigenvalue weighted by Crippen LogP contribution is -2.26. The molecule has 1 aliphatic rings. The number of carbonyl (C=O) groups is 1. The Bertz CT molecular complexity index is 932. The van der Waals surface area contributed by atoms with Crippen LogP contribution in [-0.4, -0.2) is 26.5 Å². The molecule has 0 unspecified atom stereocenters. The molecule has 2 aromatic heterocycles. The fraction of sp³-hybridized carbons (Fsp3) is 0.235. The largest absolute Gasteiger partial charge is 0.349 e. The van der Waals surface area contributed by atoms with Crippen molar-refractivity contribution in [3.63, 3.8) is 0 Å². The molecule has 2 heterocycles. The highest BCUT2D eigenvalue weighted by Gasteiger charge is 2.24. The Labute approximate surface area is 147 Å². The third-order valence-corrected chi connectivity index (χ3v) is 4.57. The Morgan fingerprint density at radius 1 is 1.33 bits per heavy atom. The van der Waals surface area contributed by atoms with Crippen LogP contribution < -0.4 is 10.6 Å². The van der Waals surface area contributed by atoms with Crippen molar-refractivity contribution < 1.29 is 4.79 Å². The van der Waals surface area contributed by atoms with Gasteiger partial charge in [0.2, 0.25) is 5.95 Å². The standard InChI is InChI=1S/C17H16BrN5O/c1-10-9-12(6-7-13(10)16(24)19-11-4-5-11)20-17-21-15-14(18)3-2-8-23(15)22-17/h2-3,6-9,11H,4-5H2,1H3,(H,19,24)(H,20,22). The molecule has 1 aromatic carbocycles. The summed E-state index contributed by atoms with van der Waals surface area (Å²) in [4.78, 5) is 16.6. The monoisotopic (exact) mass is 385 g/mol. The van der Waals surface area contributed by atoms with Crippen molar-refractivity contribution in [3.05, 3.63) is 52.1 Å². The van der Waals surface area contributed by atoms with E-state index in [0.29, 0.717) is 17.6 Å². The number of rotatable bonds is 4. The maximum absolute atomic E-state index is 12.2. The molecule has 0 atom stereocenters. The van der Waals surface area contributed by atoms with Crippen LogP contribution >= 0.6 is 15.9 Å². The van der Waals surface area contributed by atoms with Crippen LogP contribution in [0.15, 0.2) is 41.0 Å². The number of hydrogen-bond donors (Lipinski definition) is 2. The quantitative estimate of drug-likeness (QED) is 0.721. The van der Waals surface area contributed by atoms with E-state index < -0.39 is 0 Å². The first kappa shape index (κ1) is 15.1. The third-order valence-electron chi connectivity index (χ3n) is 3.95. The minimum Gasteiger partial charge on any atom is -0.349 e. The maximum Gasteiger partial charge on any atom is 0.251 e. The Morgan fingerprint density at radius 3 is 2.88 bits per heavy atom. The molecule has 0 radical (unpaired) electrons. The summed E-state index contributed by atoms with van der Waals surface area (Å²) in [6, 6.07) is 9.81. The van der Waals surface area contributed by atoms with Crippen LogP contribution in [-0.2, 0) is 0 Å². The molecule has 1 aliphatic carbocycles. The lowest BCUT2D eigenvalue weighted by molar-refractivity contribution is 0.0950. The predicted octanol–water partition coefficient (Wildman–Crippen LogP) is 3.44. The number of amides is 1. The molecule has 0 saturated heterocycles. The molecule has 1 amide bonds. The second-order valence-electron chi connectivity index (χ2n) is 5.96. The minimum absolute atomic E-state index is 0.00339. The molecule has 0 aliphatic heterocycles. The smallest absolute Gasteiger partial charge is 0.251 e. The fourth-order valence-electron chi connectivity index (χ4n) is 2.54. The lowest BCUT2D eigenvalue weighted by atomic mass is 10.1. The molecule has 24 heavy (non-hydrogen) atoms. The van der Waals surface area contributed by atoms with Gasteiger partial charge in [0.05, 0.1) is 4.47 Å². The summed E-state index contributed by atoms with van der Waals surface area (Å²) >= 11 is 3.46. The van der Waals surface area contributed by atoms with Gasteiger partial charge in [-0.15, -0.1) is 5.10 Å². The number of benzene rings is 1. The molecule has 0 spiro atoms. The third kappa shape index (κ3) is 2.99. The van der Waals surface area contributed by atoms with Crippen LogP contribution in [0.4, 0.5) is 11.6 Å². The first-order valence-electron chi connectivity index (χ1n) is 7.79. The summed E-state index contributed by atoms with van der Waals surface area (Å²) in [6.45, 7) is 1.93. The van der Waals surface area contributed by atoms with Crippen LogP contribution in [0.5, 0.6) is 0 Å². The Balaban J connectivity index is 1.56. The molecule has 0 bridgehead atoms. The number of aryl methyl sites for hydroxylation is 1. The average molecular weight is 386 g/mol. The second-order valence-corrected chi connectivity index (χ2v) is 6.82. The van der Waals surface area contributed by atoms with Gasteiger partial charge in [0.15, 0.2) is 5.65 Å². The summed E-state index contributed by atoms with van der Waals surface area (Å²) in [5.41, 5.74) is 3.22. The molecule has 2 N–H and O–H groups in total. The van der Waals surface area contributed by atoms with Crippen molar-refractivity contribution in [2.24, 2.45) is 0 Å². The number of hydrogen-bond acceptors (Lipinski definition) is 4. The van der Waals surface area contributed by atoms with Crippen molar-refractivity contribution in [1.82, 2.24) is 19.9 Å². The van der Waals surface area contributed by atoms with Gasteiger partial charge in [0.25, 0.3) is 5.91 Å². The van der Waals surface area contributed by atoms with E-state index in [4.69, 9.17) is 0 Å². The molecule has 122 valence electrons. The summed E-state index contributed by atoms with van der Waals surface area (Å²) in [5, 5.41) is 10.6. The minimum atomic E-state index is -0.00339. The van der Waals surface area contributed by atoms with Crippen molar-refractivity contribution in [2.75, 3.05) is 5.32 Å². The van der Waals surface area contributed by atoms with E-state index >= 15 is 0 Å². The van der Waals surface area contributed by atoms with Gasteiger partial charge in [-0.25, -0.2) is 4.52 Å². The zero-order valence-corrected chi connectivity index (χ0v) is 14.7. The number of fused-ring (bicyclic) bond motifs is 1. The van der Waals surface area contributed by atoms with Gasteiger partial charge in [-0.05, 0) is 71.6 Å². The number of anilines is 2. The van der Waals surface area contributed by atoms with E-state index in [1.165, 1.54) is 0 Å². The highest BCUT2D eigenvalue weighted by molar-refractivity contribution is 9.10. The van der Waals surface area contributed by atoms with E-state index in [-0.39, 0.29) is 5.91 Å². The SMILES string of the molecule is Cc1cc(Nc2nc3c(Br)cccn3n2)ccc1C(=O)NC1CC1. The van der Waals surface area contributed by atoms with Crippen LogP contribution in [0.2, 0.25) is 0 Å². The van der Waals surface area contributed by atoms with Crippen LogP contribution in [0.1, 0.15) is 28.8 Å². The number of pyridine rings is 1. The van der Waals surface area contributed by atoms with Crippen molar-refractivity contribution in [2.45, 2.75) is 25.8 Å². The van der Waals surface area contributed by atoms with Crippen LogP contribution in [0.25, 0.3) is 5.65 Å². The highest BCUT2D eigenvalue weighted by atomic mass is 79.9. The molecule has 6 nitrogen and oxygen atoms in total. The summed E-state index contributed by atoms with van der Waals surface area (Å²) < 4.78 is 2.59. The van der Waals surface area contributed by atoms with Crippen LogP contribution in [0, 0.1) is 6.92 Å². The number of carbonyl (C=O) groups excluding carboxylic acids is 1. The normalized spacial score (nSPS) is 13.9. The van der Waals surface area contributed by atoms with E-state index in [0.717, 1.165) is 34.2 Å². The van der Waals surface area contributed by atoms with Gasteiger partial charge in [-0.2, -0.15) is 4.98 Å². The van der Waals surface area contributed by atoms with E-state index in [1.54, 1.807) is 4.52 Å². The molecule has 1 saturated carbocycles. The Kier molecular flexibility index (Phi) is 3.72. The topological polar surface area (TPSA) is 71.3 Å². The zero-order chi connectivity index (χ0) is 16.7. The molecule has 7 heteroatoms. The molecular weight excluding hydrogens is 370 g/mol. The van der Waals surface area contributed by atoms with Crippen LogP contribution in [0.3, 0.4) is 0 Å². The maximum atomic E-state index is 12.2. The van der Waals surface area contributed by atoms with Gasteiger partial charge in [0.1, 0.15) is 0 Å². The molecular formula is C17H16BrN5O. The summed E-state index contributed by atoms with van der Waals surface area (Å²) in [6.07, 6.45) is 4.01. The Morgan fingerprint density at radius 2 is 2.17 bits per heavy atom. The first-order valence-corrected chi connectivity index (χ1v) is 8.59. The van der Waals surface area contributed by atoms with Gasteiger partial charge < -0.3 is 10.6 Å². The Hall–Kier alpha value is -2.41. The predicted molar refractivity (Wildman–Crippen MR) is 95.6 cm³/mol. The van der Waals surface area contributed by atoms with E-state index in [1.807, 2.05) is 43.5 Å². The summed E-state index contributed by atoms with van der Waals surface area (Å²) in [5.74, 6) is 0.507. The van der Waals surface area contributed by atoms with E-state index in [2.05, 4.69) is 36.6 Å². The zero-order valence-electron chi connectivity index (χ0n) is 13.1. The number of nitrogens with zero attached hydrogens (tertiary/aromatic N) is 3. The summed E-state index contributed by atoms with van der Waals surface area (Å²) in [7, 11) is 0.